The van der Waals surface area contributed by atoms with Crippen molar-refractivity contribution in [3.63, 3.8) is 0 Å². The van der Waals surface area contributed by atoms with Gasteiger partial charge in [-0.1, -0.05) is 12.2 Å². The van der Waals surface area contributed by atoms with Gasteiger partial charge in [0.2, 0.25) is 0 Å². The number of nitrogens with zero attached hydrogens (tertiary/aromatic N) is 1. The molecule has 0 aliphatic heterocycles. The Kier molecular flexibility index (Phi) is 3.57. The van der Waals surface area contributed by atoms with Crippen LogP contribution in [-0.2, 0) is 9.53 Å². The number of esters is 1. The van der Waals surface area contributed by atoms with Crippen molar-refractivity contribution >= 4 is 5.97 Å². The van der Waals surface area contributed by atoms with Gasteiger partial charge in [0, 0.05) is 6.42 Å². The number of fused-ring (bicyclic) bond motifs is 2. The summed E-state index contributed by atoms with van der Waals surface area (Å²) in [5.74, 6) is 1.28. The number of hydrogen-bond donors (Lipinski definition) is 0. The van der Waals surface area contributed by atoms with Gasteiger partial charge >= 0.3 is 5.97 Å². The smallest absolute Gasteiger partial charge is 0.309 e. The average Bonchev–Trinajstić information content (AvgIpc) is 2.84. The maximum absolute atomic E-state index is 11.9. The van der Waals surface area contributed by atoms with Gasteiger partial charge in [0.05, 0.1) is 40.2 Å². The fourth-order valence-electron chi connectivity index (χ4n) is 2.87. The number of allylic oxidation sites excluding steroid dienone is 2. The molecule has 0 saturated heterocycles. The maximum Gasteiger partial charge on any atom is 0.309 e. The number of carbonyl (C=O) groups excluding carboxylic acids is 1. The Morgan fingerprint density at radius 1 is 1.29 bits per heavy atom. The van der Waals surface area contributed by atoms with Crippen molar-refractivity contribution in [2.24, 2.45) is 17.8 Å². The van der Waals surface area contributed by atoms with Gasteiger partial charge in [-0.25, -0.2) is 0 Å². The highest BCUT2D eigenvalue weighted by atomic mass is 16.5. The van der Waals surface area contributed by atoms with Crippen LogP contribution in [0.1, 0.15) is 19.3 Å². The largest absolute Gasteiger partial charge is 0.465 e. The Hall–Kier alpha value is -0.830. The molecule has 2 bridgehead atoms. The van der Waals surface area contributed by atoms with Crippen molar-refractivity contribution in [1.82, 2.24) is 0 Å². The van der Waals surface area contributed by atoms with Gasteiger partial charge in [0.1, 0.15) is 0 Å². The van der Waals surface area contributed by atoms with E-state index in [0.717, 1.165) is 23.9 Å². The average molecular weight is 238 g/mol. The van der Waals surface area contributed by atoms with Gasteiger partial charge in [-0.2, -0.15) is 0 Å². The van der Waals surface area contributed by atoms with E-state index >= 15 is 0 Å². The Bertz CT molecular complexity index is 317. The molecule has 3 unspecified atom stereocenters. The summed E-state index contributed by atoms with van der Waals surface area (Å²) in [7, 11) is 6.47. The maximum atomic E-state index is 11.9. The van der Waals surface area contributed by atoms with Gasteiger partial charge in [-0.3, -0.25) is 4.79 Å². The van der Waals surface area contributed by atoms with E-state index < -0.39 is 0 Å². The highest BCUT2D eigenvalue weighted by Crippen LogP contribution is 2.43. The van der Waals surface area contributed by atoms with E-state index in [0.29, 0.717) is 18.4 Å². The second-order valence-electron chi connectivity index (χ2n) is 6.42. The summed E-state index contributed by atoms with van der Waals surface area (Å²) in [4.78, 5) is 11.9. The number of rotatable bonds is 5. The highest BCUT2D eigenvalue weighted by molar-refractivity contribution is 5.74. The van der Waals surface area contributed by atoms with Crippen molar-refractivity contribution in [2.75, 3.05) is 34.3 Å². The minimum atomic E-state index is 0.0308. The van der Waals surface area contributed by atoms with Crippen molar-refractivity contribution in [3.05, 3.63) is 12.2 Å². The molecule has 0 amide bonds. The zero-order valence-corrected chi connectivity index (χ0v) is 11.2. The molecular weight excluding hydrogens is 214 g/mol. The van der Waals surface area contributed by atoms with E-state index in [9.17, 15) is 4.79 Å². The van der Waals surface area contributed by atoms with E-state index in [1.807, 2.05) is 0 Å². The Balaban J connectivity index is 1.67. The van der Waals surface area contributed by atoms with E-state index in [1.165, 1.54) is 6.42 Å². The third kappa shape index (κ3) is 3.32. The molecule has 1 saturated carbocycles. The first-order chi connectivity index (χ1) is 7.96. The van der Waals surface area contributed by atoms with Crippen LogP contribution in [-0.4, -0.2) is 44.7 Å². The molecule has 0 heterocycles. The fraction of sp³-hybridized carbons (Fsp3) is 0.786. The Morgan fingerprint density at radius 3 is 2.59 bits per heavy atom. The molecule has 0 radical (unpaired) electrons. The minimum absolute atomic E-state index is 0.0308. The highest BCUT2D eigenvalue weighted by Gasteiger charge is 2.40. The molecule has 0 spiro atoms. The number of hydrogen-bond acceptors (Lipinski definition) is 2. The Labute approximate surface area is 104 Å². The van der Waals surface area contributed by atoms with Crippen LogP contribution in [0.2, 0.25) is 0 Å². The number of ether oxygens (including phenoxy) is 1. The monoisotopic (exact) mass is 238 g/mol. The summed E-state index contributed by atoms with van der Waals surface area (Å²) in [6.07, 6.45) is 7.58. The molecule has 2 aliphatic carbocycles. The van der Waals surface area contributed by atoms with E-state index in [2.05, 4.69) is 33.3 Å². The summed E-state index contributed by atoms with van der Waals surface area (Å²) in [6.45, 7) is 1.62. The van der Waals surface area contributed by atoms with Crippen LogP contribution in [0.5, 0.6) is 0 Å². The number of quaternary nitrogens is 1. The lowest BCUT2D eigenvalue weighted by molar-refractivity contribution is -0.870. The molecule has 0 N–H and O–H groups in total. The topological polar surface area (TPSA) is 26.3 Å². The minimum Gasteiger partial charge on any atom is -0.465 e. The van der Waals surface area contributed by atoms with E-state index in [1.54, 1.807) is 0 Å². The van der Waals surface area contributed by atoms with Gasteiger partial charge in [-0.15, -0.1) is 0 Å². The third-order valence-corrected chi connectivity index (χ3v) is 3.80. The van der Waals surface area contributed by atoms with Gasteiger partial charge in [-0.05, 0) is 24.7 Å². The zero-order valence-electron chi connectivity index (χ0n) is 11.2. The quantitative estimate of drug-likeness (QED) is 0.316. The number of carbonyl (C=O) groups is 1. The summed E-state index contributed by atoms with van der Waals surface area (Å²) >= 11 is 0. The normalized spacial score (nSPS) is 30.9. The van der Waals surface area contributed by atoms with Gasteiger partial charge in [0.15, 0.2) is 0 Å². The second-order valence-corrected chi connectivity index (χ2v) is 6.42. The second kappa shape index (κ2) is 4.81. The summed E-state index contributed by atoms with van der Waals surface area (Å²) in [5.41, 5.74) is 0. The summed E-state index contributed by atoms with van der Waals surface area (Å²) in [5, 5.41) is 0. The molecular formula is C14H24NO2+. The predicted molar refractivity (Wildman–Crippen MR) is 67.3 cm³/mol. The fourth-order valence-corrected chi connectivity index (χ4v) is 2.87. The van der Waals surface area contributed by atoms with E-state index in [-0.39, 0.29) is 11.9 Å². The predicted octanol–water partition coefficient (Wildman–Crippen LogP) is 1.84. The molecule has 2 aliphatic rings. The van der Waals surface area contributed by atoms with Crippen molar-refractivity contribution in [1.29, 1.82) is 0 Å². The van der Waals surface area contributed by atoms with Crippen LogP contribution in [0.4, 0.5) is 0 Å². The zero-order chi connectivity index (χ0) is 12.5. The summed E-state index contributed by atoms with van der Waals surface area (Å²) in [6, 6.07) is 0. The first-order valence-corrected chi connectivity index (χ1v) is 6.61. The van der Waals surface area contributed by atoms with Crippen LogP contribution in [0.15, 0.2) is 12.2 Å². The molecule has 0 aromatic rings. The van der Waals surface area contributed by atoms with Crippen molar-refractivity contribution < 1.29 is 14.0 Å². The van der Waals surface area contributed by atoms with Crippen molar-refractivity contribution in [3.8, 4) is 0 Å². The van der Waals surface area contributed by atoms with Gasteiger partial charge in [0.25, 0.3) is 0 Å². The molecule has 0 aromatic carbocycles. The first-order valence-electron chi connectivity index (χ1n) is 6.61. The molecule has 2 rings (SSSR count). The lowest BCUT2D eigenvalue weighted by Crippen LogP contribution is -2.36. The first kappa shape index (κ1) is 12.6. The van der Waals surface area contributed by atoms with Gasteiger partial charge < -0.3 is 9.22 Å². The van der Waals surface area contributed by atoms with Crippen LogP contribution < -0.4 is 0 Å². The van der Waals surface area contributed by atoms with Crippen LogP contribution in [0.3, 0.4) is 0 Å². The molecule has 0 aromatic heterocycles. The van der Waals surface area contributed by atoms with Crippen LogP contribution >= 0.6 is 0 Å². The Morgan fingerprint density at radius 2 is 2.06 bits per heavy atom. The molecule has 96 valence electrons. The molecule has 1 fully saturated rings. The third-order valence-electron chi connectivity index (χ3n) is 3.80. The van der Waals surface area contributed by atoms with E-state index in [4.69, 9.17) is 4.74 Å². The standard InChI is InChI=1S/C14H24NO2/c1-15(2,3)7-4-8-17-14(16)13-10-11-5-6-12(13)9-11/h5-6,11-13H,4,7-10H2,1-3H3/q+1. The SMILES string of the molecule is C[N+](C)(C)CCCOC(=O)C1CC2C=CC1C2. The lowest BCUT2D eigenvalue weighted by Gasteiger charge is -2.24. The summed E-state index contributed by atoms with van der Waals surface area (Å²) < 4.78 is 6.32. The molecule has 3 nitrogen and oxygen atoms in total. The van der Waals surface area contributed by atoms with Crippen LogP contribution in [0.25, 0.3) is 0 Å². The molecule has 3 atom stereocenters. The molecule has 17 heavy (non-hydrogen) atoms. The van der Waals surface area contributed by atoms with Crippen LogP contribution in [0, 0.1) is 17.8 Å². The van der Waals surface area contributed by atoms with Crippen molar-refractivity contribution in [2.45, 2.75) is 19.3 Å². The lowest BCUT2D eigenvalue weighted by atomic mass is 9.94. The molecule has 3 heteroatoms.